The molecule has 8 heteroatoms. The van der Waals surface area contributed by atoms with Gasteiger partial charge in [-0.3, -0.25) is 0 Å². The van der Waals surface area contributed by atoms with E-state index in [1.807, 2.05) is 0 Å². The number of halogens is 2. The van der Waals surface area contributed by atoms with Crippen LogP contribution in [0.4, 0.5) is 17.5 Å². The number of benzene rings is 1. The number of aromatic nitrogens is 4. The normalized spacial score (nSPS) is 10.8. The first-order chi connectivity index (χ1) is 9.13. The molecule has 0 atom stereocenters. The smallest absolute Gasteiger partial charge is 0.224 e. The van der Waals surface area contributed by atoms with Crippen molar-refractivity contribution in [2.75, 3.05) is 11.1 Å². The van der Waals surface area contributed by atoms with Gasteiger partial charge in [-0.05, 0) is 18.2 Å². The number of anilines is 3. The first-order valence-corrected chi connectivity index (χ1v) is 6.08. The molecule has 0 spiro atoms. The Bertz CT molecular complexity index is 754. The van der Waals surface area contributed by atoms with Crippen molar-refractivity contribution < 1.29 is 0 Å². The molecule has 1 aromatic carbocycles. The van der Waals surface area contributed by atoms with Crippen LogP contribution in [0.3, 0.4) is 0 Å². The molecule has 19 heavy (non-hydrogen) atoms. The molecule has 96 valence electrons. The molecule has 0 unspecified atom stereocenters. The summed E-state index contributed by atoms with van der Waals surface area (Å²) < 4.78 is 0. The Labute approximate surface area is 118 Å². The second-order valence-electron chi connectivity index (χ2n) is 3.78. The van der Waals surface area contributed by atoms with Crippen LogP contribution < -0.4 is 11.1 Å². The largest absolute Gasteiger partial charge is 0.368 e. The molecule has 0 saturated carbocycles. The molecule has 0 radical (unpaired) electrons. The van der Waals surface area contributed by atoms with Crippen LogP contribution in [0.15, 0.2) is 24.5 Å². The van der Waals surface area contributed by atoms with Crippen LogP contribution in [0.25, 0.3) is 11.2 Å². The molecule has 0 amide bonds. The highest BCUT2D eigenvalue weighted by Crippen LogP contribution is 2.29. The topological polar surface area (TPSA) is 92.5 Å². The van der Waals surface area contributed by atoms with E-state index >= 15 is 0 Å². The second-order valence-corrected chi connectivity index (χ2v) is 4.62. The molecule has 4 N–H and O–H groups in total. The number of H-pyrrole nitrogens is 1. The number of nitrogen functional groups attached to an aromatic ring is 1. The van der Waals surface area contributed by atoms with Crippen LogP contribution in [0.5, 0.6) is 0 Å². The summed E-state index contributed by atoms with van der Waals surface area (Å²) in [6, 6.07) is 5.12. The third-order valence-corrected chi connectivity index (χ3v) is 3.03. The number of nitrogens with two attached hydrogens (primary N) is 1. The Hall–Kier alpha value is -2.05. The van der Waals surface area contributed by atoms with Crippen molar-refractivity contribution in [2.24, 2.45) is 0 Å². The van der Waals surface area contributed by atoms with Gasteiger partial charge in [0.1, 0.15) is 5.52 Å². The Kier molecular flexibility index (Phi) is 2.88. The van der Waals surface area contributed by atoms with Gasteiger partial charge in [-0.15, -0.1) is 0 Å². The summed E-state index contributed by atoms with van der Waals surface area (Å²) in [7, 11) is 0. The maximum absolute atomic E-state index is 6.10. The molecule has 0 aliphatic heterocycles. The van der Waals surface area contributed by atoms with Gasteiger partial charge < -0.3 is 16.0 Å². The quantitative estimate of drug-likeness (QED) is 0.676. The minimum Gasteiger partial charge on any atom is -0.368 e. The number of imidazole rings is 1. The van der Waals surface area contributed by atoms with Gasteiger partial charge >= 0.3 is 0 Å². The predicted octanol–water partition coefficient (Wildman–Crippen LogP) is 2.99. The summed E-state index contributed by atoms with van der Waals surface area (Å²) >= 11 is 11.9. The molecule has 0 aliphatic rings. The second kappa shape index (κ2) is 4.56. The van der Waals surface area contributed by atoms with E-state index < -0.39 is 0 Å². The minimum atomic E-state index is 0.132. The highest BCUT2D eigenvalue weighted by Gasteiger charge is 2.10. The van der Waals surface area contributed by atoms with Crippen molar-refractivity contribution in [3.8, 4) is 0 Å². The Balaban J connectivity index is 2.07. The van der Waals surface area contributed by atoms with Crippen LogP contribution >= 0.6 is 23.2 Å². The Morgan fingerprint density at radius 1 is 1.21 bits per heavy atom. The molecule has 6 nitrogen and oxygen atoms in total. The summed E-state index contributed by atoms with van der Waals surface area (Å²) in [6.07, 6.45) is 1.52. The average molecular weight is 295 g/mol. The SMILES string of the molecule is Nc1nc(Nc2ccc(Cl)cc2Cl)c2[nH]cnc2n1. The van der Waals surface area contributed by atoms with Crippen molar-refractivity contribution in [3.63, 3.8) is 0 Å². The summed E-state index contributed by atoms with van der Waals surface area (Å²) in [5.74, 6) is 0.636. The first kappa shape index (κ1) is 12.0. The van der Waals surface area contributed by atoms with Gasteiger partial charge in [0, 0.05) is 5.02 Å². The Morgan fingerprint density at radius 3 is 2.84 bits per heavy atom. The zero-order chi connectivity index (χ0) is 13.4. The lowest BCUT2D eigenvalue weighted by Gasteiger charge is -2.08. The van der Waals surface area contributed by atoms with E-state index in [-0.39, 0.29) is 5.95 Å². The van der Waals surface area contributed by atoms with Gasteiger partial charge in [0.05, 0.1) is 17.0 Å². The van der Waals surface area contributed by atoms with Crippen molar-refractivity contribution >= 4 is 51.8 Å². The monoisotopic (exact) mass is 294 g/mol. The zero-order valence-corrected chi connectivity index (χ0v) is 11.0. The third-order valence-electron chi connectivity index (χ3n) is 2.49. The van der Waals surface area contributed by atoms with Crippen LogP contribution in [0.2, 0.25) is 10.0 Å². The lowest BCUT2D eigenvalue weighted by molar-refractivity contribution is 1.21. The molecule has 0 saturated heterocycles. The molecule has 0 bridgehead atoms. The fourth-order valence-corrected chi connectivity index (χ4v) is 2.11. The van der Waals surface area contributed by atoms with E-state index in [4.69, 9.17) is 28.9 Å². The van der Waals surface area contributed by atoms with Crippen LogP contribution in [-0.2, 0) is 0 Å². The summed E-state index contributed by atoms with van der Waals surface area (Å²) in [4.78, 5) is 15.1. The maximum atomic E-state index is 6.10. The van der Waals surface area contributed by atoms with Crippen molar-refractivity contribution in [2.45, 2.75) is 0 Å². The van der Waals surface area contributed by atoms with Gasteiger partial charge in [0.25, 0.3) is 0 Å². The van der Waals surface area contributed by atoms with Crippen molar-refractivity contribution in [1.82, 2.24) is 19.9 Å². The number of aromatic amines is 1. The van der Waals surface area contributed by atoms with Gasteiger partial charge in [0.2, 0.25) is 5.95 Å². The van der Waals surface area contributed by atoms with Gasteiger partial charge in [-0.25, -0.2) is 4.98 Å². The van der Waals surface area contributed by atoms with Gasteiger partial charge in [-0.2, -0.15) is 9.97 Å². The molecule has 3 aromatic rings. The molecular formula is C11H8Cl2N6. The van der Waals surface area contributed by atoms with E-state index in [1.165, 1.54) is 6.33 Å². The molecule has 2 aromatic heterocycles. The number of nitrogens with zero attached hydrogens (tertiary/aromatic N) is 3. The van der Waals surface area contributed by atoms with Crippen molar-refractivity contribution in [1.29, 1.82) is 0 Å². The van der Waals surface area contributed by atoms with Crippen molar-refractivity contribution in [3.05, 3.63) is 34.6 Å². The molecule has 3 rings (SSSR count). The number of rotatable bonds is 2. The average Bonchev–Trinajstić information content (AvgIpc) is 2.80. The third kappa shape index (κ3) is 2.27. The van der Waals surface area contributed by atoms with E-state index in [2.05, 4.69) is 25.3 Å². The highest BCUT2D eigenvalue weighted by atomic mass is 35.5. The molecular weight excluding hydrogens is 287 g/mol. The Morgan fingerprint density at radius 2 is 2.05 bits per heavy atom. The summed E-state index contributed by atoms with van der Waals surface area (Å²) in [5, 5.41) is 4.12. The molecule has 2 heterocycles. The lowest BCUT2D eigenvalue weighted by Crippen LogP contribution is -2.01. The lowest BCUT2D eigenvalue weighted by atomic mass is 10.3. The zero-order valence-electron chi connectivity index (χ0n) is 9.48. The number of hydrogen-bond acceptors (Lipinski definition) is 5. The van der Waals surface area contributed by atoms with E-state index in [0.717, 1.165) is 0 Å². The summed E-state index contributed by atoms with van der Waals surface area (Å²) in [6.45, 7) is 0. The van der Waals surface area contributed by atoms with E-state index in [1.54, 1.807) is 18.2 Å². The van der Waals surface area contributed by atoms with Crippen LogP contribution in [-0.4, -0.2) is 19.9 Å². The fraction of sp³-hybridized carbons (Fsp3) is 0. The fourth-order valence-electron chi connectivity index (χ4n) is 1.66. The van der Waals surface area contributed by atoms with E-state index in [0.29, 0.717) is 32.7 Å². The maximum Gasteiger partial charge on any atom is 0.224 e. The van der Waals surface area contributed by atoms with Crippen LogP contribution in [0, 0.1) is 0 Å². The highest BCUT2D eigenvalue weighted by molar-refractivity contribution is 6.36. The molecule has 0 aliphatic carbocycles. The molecule has 0 fully saturated rings. The number of fused-ring (bicyclic) bond motifs is 1. The number of nitrogens with one attached hydrogen (secondary N) is 2. The predicted molar refractivity (Wildman–Crippen MR) is 75.8 cm³/mol. The summed E-state index contributed by atoms with van der Waals surface area (Å²) in [5.41, 5.74) is 7.44. The first-order valence-electron chi connectivity index (χ1n) is 5.32. The number of hydrogen-bond donors (Lipinski definition) is 3. The standard InChI is InChI=1S/C11H8Cl2N6/c12-5-1-2-7(6(13)3-5)17-10-8-9(16-4-15-8)18-11(14)19-10/h1-4H,(H4,14,15,16,17,18,19). The van der Waals surface area contributed by atoms with E-state index in [9.17, 15) is 0 Å². The van der Waals surface area contributed by atoms with Gasteiger partial charge in [0.15, 0.2) is 11.5 Å². The van der Waals surface area contributed by atoms with Crippen LogP contribution in [0.1, 0.15) is 0 Å². The van der Waals surface area contributed by atoms with Gasteiger partial charge in [-0.1, -0.05) is 23.2 Å². The minimum absolute atomic E-state index is 0.132.